The van der Waals surface area contributed by atoms with Crippen LogP contribution in [0.3, 0.4) is 0 Å². The minimum absolute atomic E-state index is 0.0785. The van der Waals surface area contributed by atoms with Crippen LogP contribution in [0.2, 0.25) is 5.02 Å². The number of likely N-dealkylation sites (tertiary alicyclic amines) is 1. The zero-order valence-corrected chi connectivity index (χ0v) is 19.4. The molecule has 0 aliphatic carbocycles. The lowest BCUT2D eigenvalue weighted by molar-refractivity contribution is -0.139. The monoisotopic (exact) mass is 456 g/mol. The zero-order chi connectivity index (χ0) is 23.3. The summed E-state index contributed by atoms with van der Waals surface area (Å²) in [5.41, 5.74) is 1.23. The second kappa shape index (κ2) is 10.7. The number of aliphatic hydroxyl groups excluding tert-OH is 1. The Bertz CT molecular complexity index is 1000. The second-order valence-electron chi connectivity index (χ2n) is 8.08. The molecule has 0 unspecified atom stereocenters. The molecule has 1 atom stereocenters. The highest BCUT2D eigenvalue weighted by Crippen LogP contribution is 2.40. The van der Waals surface area contributed by atoms with Crippen LogP contribution in [0.25, 0.3) is 5.76 Å². The second-order valence-corrected chi connectivity index (χ2v) is 8.51. The van der Waals surface area contributed by atoms with Gasteiger partial charge < -0.3 is 19.6 Å². The maximum absolute atomic E-state index is 13.1. The van der Waals surface area contributed by atoms with E-state index in [1.807, 2.05) is 50.2 Å². The summed E-state index contributed by atoms with van der Waals surface area (Å²) in [5.74, 6) is -0.842. The Morgan fingerprint density at radius 1 is 1.16 bits per heavy atom. The molecule has 1 aliphatic heterocycles. The van der Waals surface area contributed by atoms with Gasteiger partial charge in [0.15, 0.2) is 0 Å². The highest BCUT2D eigenvalue weighted by Gasteiger charge is 2.45. The van der Waals surface area contributed by atoms with E-state index in [-0.39, 0.29) is 11.3 Å². The van der Waals surface area contributed by atoms with Gasteiger partial charge in [0.25, 0.3) is 11.7 Å². The van der Waals surface area contributed by atoms with E-state index in [1.165, 1.54) is 0 Å². The van der Waals surface area contributed by atoms with Crippen molar-refractivity contribution >= 4 is 29.1 Å². The number of rotatable bonds is 9. The van der Waals surface area contributed by atoms with Crippen LogP contribution in [0.15, 0.2) is 54.1 Å². The molecule has 2 aromatic rings. The fourth-order valence-electron chi connectivity index (χ4n) is 3.77. The fraction of sp³-hybridized carbons (Fsp3) is 0.360. The topological polar surface area (TPSA) is 70.1 Å². The average Bonchev–Trinajstić information content (AvgIpc) is 3.02. The van der Waals surface area contributed by atoms with E-state index >= 15 is 0 Å². The fourth-order valence-corrected chi connectivity index (χ4v) is 3.90. The van der Waals surface area contributed by atoms with Gasteiger partial charge in [-0.05, 0) is 75.4 Å². The Balaban J connectivity index is 2.07. The highest BCUT2D eigenvalue weighted by atomic mass is 35.5. The van der Waals surface area contributed by atoms with Crippen molar-refractivity contribution in [3.63, 3.8) is 0 Å². The molecule has 2 aromatic carbocycles. The lowest BCUT2D eigenvalue weighted by Crippen LogP contribution is -2.32. The largest absolute Gasteiger partial charge is 0.507 e. The standard InChI is InChI=1S/C25H29ClN2O4/c1-4-15-32-20-8-5-7-18(16-20)22-21(23(29)17-9-11-19(26)12-10-17)24(30)25(31)28(22)14-6-13-27(2)3/h5,7-12,16,22,29H,4,6,13-15H2,1-3H3/t22-/m0/s1. The molecule has 0 aromatic heterocycles. The molecule has 0 spiro atoms. The van der Waals surface area contributed by atoms with Gasteiger partial charge in [-0.3, -0.25) is 9.59 Å². The van der Waals surface area contributed by atoms with Gasteiger partial charge in [0.2, 0.25) is 0 Å². The van der Waals surface area contributed by atoms with Crippen molar-refractivity contribution < 1.29 is 19.4 Å². The average molecular weight is 457 g/mol. The van der Waals surface area contributed by atoms with Gasteiger partial charge in [0.05, 0.1) is 18.2 Å². The van der Waals surface area contributed by atoms with Crippen LogP contribution in [-0.4, -0.2) is 60.4 Å². The Kier molecular flexibility index (Phi) is 7.94. The molecule has 1 saturated heterocycles. The van der Waals surface area contributed by atoms with Crippen molar-refractivity contribution in [2.45, 2.75) is 25.8 Å². The van der Waals surface area contributed by atoms with Gasteiger partial charge in [-0.15, -0.1) is 0 Å². The van der Waals surface area contributed by atoms with Gasteiger partial charge in [0, 0.05) is 17.1 Å². The molecular weight excluding hydrogens is 428 g/mol. The molecule has 1 heterocycles. The van der Waals surface area contributed by atoms with E-state index in [4.69, 9.17) is 16.3 Å². The van der Waals surface area contributed by atoms with Crippen LogP contribution in [0, 0.1) is 0 Å². The van der Waals surface area contributed by atoms with Crippen molar-refractivity contribution in [1.29, 1.82) is 0 Å². The summed E-state index contributed by atoms with van der Waals surface area (Å²) < 4.78 is 5.76. The third kappa shape index (κ3) is 5.31. The minimum atomic E-state index is -0.696. The number of carbonyl (C=O) groups is 2. The molecule has 1 N–H and O–H groups in total. The van der Waals surface area contributed by atoms with Crippen molar-refractivity contribution in [2.75, 3.05) is 33.8 Å². The Hall–Kier alpha value is -2.83. The number of hydrogen-bond donors (Lipinski definition) is 1. The lowest BCUT2D eigenvalue weighted by atomic mass is 9.95. The quantitative estimate of drug-likeness (QED) is 0.341. The van der Waals surface area contributed by atoms with Gasteiger partial charge in [-0.2, -0.15) is 0 Å². The number of benzene rings is 2. The molecule has 3 rings (SSSR count). The molecule has 6 nitrogen and oxygen atoms in total. The van der Waals surface area contributed by atoms with Gasteiger partial charge in [0.1, 0.15) is 11.5 Å². The molecule has 0 radical (unpaired) electrons. The molecule has 7 heteroatoms. The molecule has 0 bridgehead atoms. The first-order valence-corrected chi connectivity index (χ1v) is 11.1. The van der Waals surface area contributed by atoms with E-state index < -0.39 is 17.7 Å². The predicted molar refractivity (Wildman–Crippen MR) is 126 cm³/mol. The Morgan fingerprint density at radius 3 is 2.53 bits per heavy atom. The summed E-state index contributed by atoms with van der Waals surface area (Å²) in [6, 6.07) is 13.2. The van der Waals surface area contributed by atoms with Crippen LogP contribution in [0.5, 0.6) is 5.75 Å². The predicted octanol–water partition coefficient (Wildman–Crippen LogP) is 4.50. The van der Waals surface area contributed by atoms with Crippen LogP contribution in [0.4, 0.5) is 0 Å². The first kappa shape index (κ1) is 23.8. The van der Waals surface area contributed by atoms with Crippen LogP contribution < -0.4 is 4.74 Å². The van der Waals surface area contributed by atoms with Gasteiger partial charge in [-0.1, -0.05) is 30.7 Å². The normalized spacial score (nSPS) is 17.9. The molecule has 1 aliphatic rings. The first-order valence-electron chi connectivity index (χ1n) is 10.7. The number of amides is 1. The van der Waals surface area contributed by atoms with Crippen molar-refractivity contribution in [3.05, 3.63) is 70.3 Å². The number of nitrogens with zero attached hydrogens (tertiary/aromatic N) is 2. The number of carbonyl (C=O) groups excluding carboxylic acids is 2. The zero-order valence-electron chi connectivity index (χ0n) is 18.7. The summed E-state index contributed by atoms with van der Waals surface area (Å²) in [6.45, 7) is 3.75. The minimum Gasteiger partial charge on any atom is -0.507 e. The molecule has 0 saturated carbocycles. The summed E-state index contributed by atoms with van der Waals surface area (Å²) in [6.07, 6.45) is 1.56. The summed E-state index contributed by atoms with van der Waals surface area (Å²) >= 11 is 5.97. The number of ketones is 1. The van der Waals surface area contributed by atoms with Crippen molar-refractivity contribution in [1.82, 2.24) is 9.80 Å². The number of aliphatic hydroxyl groups is 1. The number of halogens is 1. The Morgan fingerprint density at radius 2 is 1.88 bits per heavy atom. The van der Waals surface area contributed by atoms with Crippen LogP contribution in [-0.2, 0) is 9.59 Å². The maximum Gasteiger partial charge on any atom is 0.295 e. The number of ether oxygens (including phenoxy) is 1. The number of hydrogen-bond acceptors (Lipinski definition) is 5. The van der Waals surface area contributed by atoms with Crippen LogP contribution >= 0.6 is 11.6 Å². The van der Waals surface area contributed by atoms with Gasteiger partial charge >= 0.3 is 0 Å². The Labute approximate surface area is 194 Å². The summed E-state index contributed by atoms with van der Waals surface area (Å²) in [5, 5.41) is 11.6. The van der Waals surface area contributed by atoms with E-state index in [9.17, 15) is 14.7 Å². The highest BCUT2D eigenvalue weighted by molar-refractivity contribution is 6.46. The van der Waals surface area contributed by atoms with E-state index in [0.717, 1.165) is 18.5 Å². The number of Topliss-reactive ketones (excluding diaryl/α,β-unsaturated/α-hetero) is 1. The van der Waals surface area contributed by atoms with E-state index in [0.29, 0.717) is 35.9 Å². The molecule has 32 heavy (non-hydrogen) atoms. The van der Waals surface area contributed by atoms with E-state index in [2.05, 4.69) is 0 Å². The smallest absolute Gasteiger partial charge is 0.295 e. The molecule has 170 valence electrons. The maximum atomic E-state index is 13.1. The van der Waals surface area contributed by atoms with E-state index in [1.54, 1.807) is 29.2 Å². The summed E-state index contributed by atoms with van der Waals surface area (Å²) in [4.78, 5) is 29.6. The van der Waals surface area contributed by atoms with Crippen molar-refractivity contribution in [2.24, 2.45) is 0 Å². The van der Waals surface area contributed by atoms with Gasteiger partial charge in [-0.25, -0.2) is 0 Å². The van der Waals surface area contributed by atoms with Crippen LogP contribution in [0.1, 0.15) is 36.9 Å². The summed E-state index contributed by atoms with van der Waals surface area (Å²) in [7, 11) is 3.92. The van der Waals surface area contributed by atoms with Crippen molar-refractivity contribution in [3.8, 4) is 5.75 Å². The molecule has 1 fully saturated rings. The SMILES string of the molecule is CCCOc1cccc([C@H]2C(=C(O)c3ccc(Cl)cc3)C(=O)C(=O)N2CCCN(C)C)c1. The third-order valence-electron chi connectivity index (χ3n) is 5.31. The lowest BCUT2D eigenvalue weighted by Gasteiger charge is -2.26. The molecule has 1 amide bonds. The first-order chi connectivity index (χ1) is 15.3. The third-order valence-corrected chi connectivity index (χ3v) is 5.56. The molecular formula is C25H29ClN2O4.